The first-order chi connectivity index (χ1) is 8.56. The molecule has 0 aromatic heterocycles. The van der Waals surface area contributed by atoms with Crippen molar-refractivity contribution < 1.29 is 9.66 Å². The second-order valence-corrected chi connectivity index (χ2v) is 4.30. The van der Waals surface area contributed by atoms with Gasteiger partial charge in [-0.1, -0.05) is 20.3 Å². The molecule has 1 N–H and O–H groups in total. The van der Waals surface area contributed by atoms with Gasteiger partial charge in [0.15, 0.2) is 0 Å². The highest BCUT2D eigenvalue weighted by molar-refractivity contribution is 5.56. The number of hydrogen-bond donors (Lipinski definition) is 1. The largest absolute Gasteiger partial charge is 0.494 e. The van der Waals surface area contributed by atoms with Crippen molar-refractivity contribution in [3.63, 3.8) is 0 Å². The van der Waals surface area contributed by atoms with Crippen molar-refractivity contribution in [3.05, 3.63) is 28.3 Å². The number of hydrogen-bond acceptors (Lipinski definition) is 4. The van der Waals surface area contributed by atoms with Crippen LogP contribution in [0.3, 0.4) is 0 Å². The van der Waals surface area contributed by atoms with Gasteiger partial charge in [0, 0.05) is 24.4 Å². The Hall–Kier alpha value is -1.78. The summed E-state index contributed by atoms with van der Waals surface area (Å²) in [7, 11) is 0. The molecule has 18 heavy (non-hydrogen) atoms. The molecule has 0 radical (unpaired) electrons. The summed E-state index contributed by atoms with van der Waals surface area (Å²) in [5.41, 5.74) is 0.778. The van der Waals surface area contributed by atoms with Gasteiger partial charge in [0.2, 0.25) is 0 Å². The van der Waals surface area contributed by atoms with Crippen molar-refractivity contribution in [2.75, 3.05) is 18.5 Å². The Kier molecular flexibility index (Phi) is 5.42. The number of nitrogens with zero attached hydrogens (tertiary/aromatic N) is 1. The zero-order valence-electron chi connectivity index (χ0n) is 11.1. The first kappa shape index (κ1) is 14.3. The van der Waals surface area contributed by atoms with E-state index in [4.69, 9.17) is 4.74 Å². The Bertz CT molecular complexity index is 407. The van der Waals surface area contributed by atoms with Crippen molar-refractivity contribution in [1.82, 2.24) is 0 Å². The van der Waals surface area contributed by atoms with E-state index in [-0.39, 0.29) is 5.69 Å². The van der Waals surface area contributed by atoms with Gasteiger partial charge in [-0.25, -0.2) is 0 Å². The standard InChI is InChI=1S/C13H20N2O3/c1-4-10(3)9-14-11-6-12(15(16)17)8-13(7-11)18-5-2/h6-8,10,14H,4-5,9H2,1-3H3. The second kappa shape index (κ2) is 6.83. The number of non-ortho nitro benzene ring substituents is 1. The maximum absolute atomic E-state index is 10.8. The molecular formula is C13H20N2O3. The number of nitro benzene ring substituents is 1. The Labute approximate surface area is 107 Å². The van der Waals surface area contributed by atoms with Gasteiger partial charge in [-0.15, -0.1) is 0 Å². The van der Waals surface area contributed by atoms with Crippen molar-refractivity contribution in [2.45, 2.75) is 27.2 Å². The minimum Gasteiger partial charge on any atom is -0.494 e. The molecule has 0 saturated carbocycles. The average Bonchev–Trinajstić information content (AvgIpc) is 2.36. The SMILES string of the molecule is CCOc1cc(NCC(C)CC)cc([N+](=O)[O-])c1. The maximum atomic E-state index is 10.8. The molecule has 0 aliphatic carbocycles. The van der Waals surface area contributed by atoms with Gasteiger partial charge in [-0.2, -0.15) is 0 Å². The Morgan fingerprint density at radius 3 is 2.67 bits per heavy atom. The number of rotatable bonds is 7. The topological polar surface area (TPSA) is 64.4 Å². The predicted molar refractivity (Wildman–Crippen MR) is 72.2 cm³/mol. The van der Waals surface area contributed by atoms with Crippen molar-refractivity contribution in [2.24, 2.45) is 5.92 Å². The predicted octanol–water partition coefficient (Wildman–Crippen LogP) is 3.45. The van der Waals surface area contributed by atoms with Crippen LogP contribution in [0.4, 0.5) is 11.4 Å². The molecule has 0 bridgehead atoms. The second-order valence-electron chi connectivity index (χ2n) is 4.30. The van der Waals surface area contributed by atoms with E-state index in [1.807, 2.05) is 6.92 Å². The van der Waals surface area contributed by atoms with Crippen LogP contribution >= 0.6 is 0 Å². The molecule has 5 nitrogen and oxygen atoms in total. The summed E-state index contributed by atoms with van der Waals surface area (Å²) >= 11 is 0. The summed E-state index contributed by atoms with van der Waals surface area (Å²) in [5, 5.41) is 14.0. The molecule has 1 aromatic carbocycles. The monoisotopic (exact) mass is 252 g/mol. The lowest BCUT2D eigenvalue weighted by atomic mass is 10.1. The molecule has 0 spiro atoms. The molecule has 5 heteroatoms. The van der Waals surface area contributed by atoms with Crippen molar-refractivity contribution in [3.8, 4) is 5.75 Å². The lowest BCUT2D eigenvalue weighted by molar-refractivity contribution is -0.384. The molecule has 1 rings (SSSR count). The lowest BCUT2D eigenvalue weighted by Crippen LogP contribution is -2.10. The van der Waals surface area contributed by atoms with Crippen LogP contribution in [0, 0.1) is 16.0 Å². The van der Waals surface area contributed by atoms with Crippen LogP contribution in [0.2, 0.25) is 0 Å². The molecule has 0 saturated heterocycles. The van der Waals surface area contributed by atoms with Crippen LogP contribution in [0.5, 0.6) is 5.75 Å². The summed E-state index contributed by atoms with van der Waals surface area (Å²) in [6, 6.07) is 4.77. The van der Waals surface area contributed by atoms with Gasteiger partial charge < -0.3 is 10.1 Å². The Morgan fingerprint density at radius 2 is 2.11 bits per heavy atom. The van der Waals surface area contributed by atoms with Crippen LogP contribution in [-0.4, -0.2) is 18.1 Å². The highest BCUT2D eigenvalue weighted by Gasteiger charge is 2.10. The molecule has 1 unspecified atom stereocenters. The highest BCUT2D eigenvalue weighted by atomic mass is 16.6. The minimum absolute atomic E-state index is 0.0487. The van der Waals surface area contributed by atoms with Gasteiger partial charge >= 0.3 is 0 Å². The normalized spacial score (nSPS) is 11.9. The molecule has 0 fully saturated rings. The number of benzene rings is 1. The highest BCUT2D eigenvalue weighted by Crippen LogP contribution is 2.26. The summed E-state index contributed by atoms with van der Waals surface area (Å²) in [5.74, 6) is 1.05. The van der Waals surface area contributed by atoms with Crippen molar-refractivity contribution >= 4 is 11.4 Å². The van der Waals surface area contributed by atoms with E-state index in [2.05, 4.69) is 19.2 Å². The smallest absolute Gasteiger partial charge is 0.275 e. The van der Waals surface area contributed by atoms with E-state index < -0.39 is 4.92 Å². The van der Waals surface area contributed by atoms with Crippen LogP contribution in [0.15, 0.2) is 18.2 Å². The van der Waals surface area contributed by atoms with Crippen LogP contribution in [0.1, 0.15) is 27.2 Å². The third kappa shape index (κ3) is 4.24. The average molecular weight is 252 g/mol. The molecule has 0 aliphatic heterocycles. The molecule has 100 valence electrons. The third-order valence-corrected chi connectivity index (χ3v) is 2.76. The van der Waals surface area contributed by atoms with Gasteiger partial charge in [0.25, 0.3) is 5.69 Å². The van der Waals surface area contributed by atoms with E-state index in [1.54, 1.807) is 6.07 Å². The first-order valence-corrected chi connectivity index (χ1v) is 6.23. The number of nitrogens with one attached hydrogen (secondary N) is 1. The molecule has 1 aromatic rings. The van der Waals surface area contributed by atoms with E-state index in [0.29, 0.717) is 18.3 Å². The third-order valence-electron chi connectivity index (χ3n) is 2.76. The summed E-state index contributed by atoms with van der Waals surface area (Å²) in [6.45, 7) is 7.39. The van der Waals surface area contributed by atoms with Crippen LogP contribution in [-0.2, 0) is 0 Å². The molecule has 0 heterocycles. The van der Waals surface area contributed by atoms with E-state index >= 15 is 0 Å². The lowest BCUT2D eigenvalue weighted by Gasteiger charge is -2.12. The van der Waals surface area contributed by atoms with Gasteiger partial charge in [-0.3, -0.25) is 10.1 Å². The number of ether oxygens (including phenoxy) is 1. The molecular weight excluding hydrogens is 232 g/mol. The van der Waals surface area contributed by atoms with Crippen LogP contribution < -0.4 is 10.1 Å². The fraction of sp³-hybridized carbons (Fsp3) is 0.538. The maximum Gasteiger partial charge on any atom is 0.275 e. The first-order valence-electron chi connectivity index (χ1n) is 6.23. The van der Waals surface area contributed by atoms with E-state index in [9.17, 15) is 10.1 Å². The quantitative estimate of drug-likeness (QED) is 0.596. The molecule has 1 atom stereocenters. The summed E-state index contributed by atoms with van der Waals surface area (Å²) in [4.78, 5) is 10.4. The Balaban J connectivity index is 2.85. The van der Waals surface area contributed by atoms with Gasteiger partial charge in [0.1, 0.15) is 5.75 Å². The van der Waals surface area contributed by atoms with Crippen molar-refractivity contribution in [1.29, 1.82) is 0 Å². The summed E-state index contributed by atoms with van der Waals surface area (Å²) in [6.07, 6.45) is 1.07. The fourth-order valence-electron chi connectivity index (χ4n) is 1.48. The fourth-order valence-corrected chi connectivity index (χ4v) is 1.48. The van der Waals surface area contributed by atoms with Crippen LogP contribution in [0.25, 0.3) is 0 Å². The van der Waals surface area contributed by atoms with E-state index in [0.717, 1.165) is 18.7 Å². The zero-order chi connectivity index (χ0) is 13.5. The summed E-state index contributed by atoms with van der Waals surface area (Å²) < 4.78 is 5.33. The minimum atomic E-state index is -0.406. The van der Waals surface area contributed by atoms with Gasteiger partial charge in [-0.05, 0) is 12.8 Å². The Morgan fingerprint density at radius 1 is 1.39 bits per heavy atom. The van der Waals surface area contributed by atoms with Gasteiger partial charge in [0.05, 0.1) is 17.6 Å². The molecule has 0 aliphatic rings. The number of nitro groups is 1. The number of anilines is 1. The zero-order valence-corrected chi connectivity index (χ0v) is 11.1. The molecule has 0 amide bonds. The van der Waals surface area contributed by atoms with E-state index in [1.165, 1.54) is 12.1 Å².